The number of rotatable bonds is 8. The molecule has 2 aliphatic rings. The summed E-state index contributed by atoms with van der Waals surface area (Å²) < 4.78 is 5.25. The first-order valence-electron chi connectivity index (χ1n) is 11.1. The van der Waals surface area contributed by atoms with Crippen molar-refractivity contribution in [2.45, 2.75) is 45.1 Å². The monoisotopic (exact) mass is 401 g/mol. The smallest absolute Gasteiger partial charge is 0.248 e. The minimum atomic E-state index is 0.0807. The van der Waals surface area contributed by atoms with Gasteiger partial charge in [-0.1, -0.05) is 30.3 Å². The number of amides is 2. The molecule has 6 heteroatoms. The summed E-state index contributed by atoms with van der Waals surface area (Å²) in [5, 5.41) is 3.13. The molecule has 0 saturated carbocycles. The van der Waals surface area contributed by atoms with Crippen LogP contribution in [0.3, 0.4) is 0 Å². The van der Waals surface area contributed by atoms with Gasteiger partial charge in [-0.05, 0) is 51.1 Å². The van der Waals surface area contributed by atoms with Gasteiger partial charge in [0.2, 0.25) is 11.8 Å². The Bertz CT molecular complexity index is 644. The van der Waals surface area contributed by atoms with E-state index in [0.29, 0.717) is 19.2 Å². The second-order valence-corrected chi connectivity index (χ2v) is 8.11. The second-order valence-electron chi connectivity index (χ2n) is 8.11. The fourth-order valence-electron chi connectivity index (χ4n) is 4.43. The molecule has 2 fully saturated rings. The molecule has 1 atom stereocenters. The predicted octanol–water partition coefficient (Wildman–Crippen LogP) is 2.08. The van der Waals surface area contributed by atoms with Gasteiger partial charge in [0.1, 0.15) is 6.61 Å². The number of hydrogen-bond donors (Lipinski definition) is 1. The number of ether oxygens (including phenoxy) is 1. The van der Waals surface area contributed by atoms with Crippen LogP contribution in [0.5, 0.6) is 0 Å². The molecule has 2 heterocycles. The lowest BCUT2D eigenvalue weighted by atomic mass is 9.93. The Balaban J connectivity index is 1.40. The third kappa shape index (κ3) is 6.54. The zero-order valence-electron chi connectivity index (χ0n) is 17.6. The lowest BCUT2D eigenvalue weighted by Crippen LogP contribution is -2.52. The topological polar surface area (TPSA) is 61.9 Å². The number of nitrogens with zero attached hydrogens (tertiary/aromatic N) is 2. The van der Waals surface area contributed by atoms with Gasteiger partial charge < -0.3 is 15.0 Å². The van der Waals surface area contributed by atoms with Crippen LogP contribution in [0.1, 0.15) is 38.2 Å². The SMILES string of the molecule is CCOCC(=O)N1CCC(N2CCC[C@@H](C(=O)NCCc3ccccc3)C2)CC1. The minimum Gasteiger partial charge on any atom is -0.372 e. The summed E-state index contributed by atoms with van der Waals surface area (Å²) in [7, 11) is 0. The Morgan fingerprint density at radius 1 is 1.10 bits per heavy atom. The number of benzene rings is 1. The Morgan fingerprint density at radius 2 is 1.86 bits per heavy atom. The molecule has 29 heavy (non-hydrogen) atoms. The van der Waals surface area contributed by atoms with Gasteiger partial charge in [0.15, 0.2) is 0 Å². The van der Waals surface area contributed by atoms with Gasteiger partial charge in [0.25, 0.3) is 0 Å². The molecule has 0 bridgehead atoms. The fourth-order valence-corrected chi connectivity index (χ4v) is 4.43. The second kappa shape index (κ2) is 11.3. The van der Waals surface area contributed by atoms with E-state index in [2.05, 4.69) is 22.3 Å². The van der Waals surface area contributed by atoms with Crippen molar-refractivity contribution in [3.63, 3.8) is 0 Å². The van der Waals surface area contributed by atoms with Crippen LogP contribution in [0.15, 0.2) is 30.3 Å². The molecular weight excluding hydrogens is 366 g/mol. The van der Waals surface area contributed by atoms with Crippen LogP contribution < -0.4 is 5.32 Å². The van der Waals surface area contributed by atoms with Gasteiger partial charge in [-0.25, -0.2) is 0 Å². The molecule has 0 aliphatic carbocycles. The van der Waals surface area contributed by atoms with Crippen molar-refractivity contribution in [1.82, 2.24) is 15.1 Å². The number of carbonyl (C=O) groups is 2. The maximum atomic E-state index is 12.7. The summed E-state index contributed by atoms with van der Waals surface area (Å²) in [5.41, 5.74) is 1.25. The number of carbonyl (C=O) groups excluding carboxylic acids is 2. The molecule has 2 amide bonds. The van der Waals surface area contributed by atoms with E-state index in [1.165, 1.54) is 5.56 Å². The van der Waals surface area contributed by atoms with E-state index in [1.807, 2.05) is 30.0 Å². The van der Waals surface area contributed by atoms with Crippen LogP contribution >= 0.6 is 0 Å². The largest absolute Gasteiger partial charge is 0.372 e. The Morgan fingerprint density at radius 3 is 2.59 bits per heavy atom. The highest BCUT2D eigenvalue weighted by molar-refractivity contribution is 5.79. The highest BCUT2D eigenvalue weighted by atomic mass is 16.5. The molecule has 2 aliphatic heterocycles. The molecular formula is C23H35N3O3. The van der Waals surface area contributed by atoms with Crippen LogP contribution in [-0.2, 0) is 20.7 Å². The lowest BCUT2D eigenvalue weighted by molar-refractivity contribution is -0.137. The molecule has 0 radical (unpaired) electrons. The number of likely N-dealkylation sites (tertiary alicyclic amines) is 2. The average molecular weight is 402 g/mol. The molecule has 1 N–H and O–H groups in total. The Kier molecular flexibility index (Phi) is 8.50. The van der Waals surface area contributed by atoms with Gasteiger partial charge in [-0.3, -0.25) is 14.5 Å². The van der Waals surface area contributed by atoms with E-state index >= 15 is 0 Å². The average Bonchev–Trinajstić information content (AvgIpc) is 2.78. The van der Waals surface area contributed by atoms with Crippen molar-refractivity contribution in [2.24, 2.45) is 5.92 Å². The molecule has 3 rings (SSSR count). The van der Waals surface area contributed by atoms with Crippen molar-refractivity contribution in [2.75, 3.05) is 45.9 Å². The Labute approximate surface area is 174 Å². The van der Waals surface area contributed by atoms with Gasteiger partial charge in [-0.2, -0.15) is 0 Å². The van der Waals surface area contributed by atoms with Crippen molar-refractivity contribution < 1.29 is 14.3 Å². The van der Waals surface area contributed by atoms with E-state index in [9.17, 15) is 9.59 Å². The van der Waals surface area contributed by atoms with Crippen molar-refractivity contribution in [1.29, 1.82) is 0 Å². The molecule has 6 nitrogen and oxygen atoms in total. The number of nitrogens with one attached hydrogen (secondary N) is 1. The molecule has 160 valence electrons. The van der Waals surface area contributed by atoms with Crippen LogP contribution in [0.2, 0.25) is 0 Å². The normalized spacial score (nSPS) is 21.1. The maximum absolute atomic E-state index is 12.7. The predicted molar refractivity (Wildman–Crippen MR) is 114 cm³/mol. The van der Waals surface area contributed by atoms with E-state index in [-0.39, 0.29) is 24.3 Å². The summed E-state index contributed by atoms with van der Waals surface area (Å²) in [6, 6.07) is 10.8. The molecule has 1 aromatic rings. The molecule has 0 unspecified atom stereocenters. The summed E-state index contributed by atoms with van der Waals surface area (Å²) in [6.07, 6.45) is 4.89. The van der Waals surface area contributed by atoms with Gasteiger partial charge in [-0.15, -0.1) is 0 Å². The first kappa shape index (κ1) is 21.8. The first-order chi connectivity index (χ1) is 14.2. The zero-order valence-corrected chi connectivity index (χ0v) is 17.6. The van der Waals surface area contributed by atoms with Gasteiger partial charge in [0, 0.05) is 38.8 Å². The molecule has 1 aromatic carbocycles. The standard InChI is InChI=1S/C23H35N3O3/c1-2-29-18-22(27)25-15-11-21(12-16-25)26-14-6-9-20(17-26)23(28)24-13-10-19-7-4-3-5-8-19/h3-5,7-8,20-21H,2,6,9-18H2,1H3,(H,24,28)/t20-/m1/s1. The highest BCUT2D eigenvalue weighted by Gasteiger charge is 2.32. The minimum absolute atomic E-state index is 0.0807. The summed E-state index contributed by atoms with van der Waals surface area (Å²) in [6.45, 7) is 6.85. The summed E-state index contributed by atoms with van der Waals surface area (Å²) in [5.74, 6) is 0.367. The number of piperidine rings is 2. The van der Waals surface area contributed by atoms with Gasteiger partial charge in [0.05, 0.1) is 5.92 Å². The fraction of sp³-hybridized carbons (Fsp3) is 0.652. The summed E-state index contributed by atoms with van der Waals surface area (Å²) in [4.78, 5) is 29.2. The van der Waals surface area contributed by atoms with Crippen LogP contribution in [-0.4, -0.2) is 73.6 Å². The molecule has 0 aromatic heterocycles. The zero-order chi connectivity index (χ0) is 20.5. The lowest BCUT2D eigenvalue weighted by Gasteiger charge is -2.42. The quantitative estimate of drug-likeness (QED) is 0.725. The van der Waals surface area contributed by atoms with Crippen LogP contribution in [0.4, 0.5) is 0 Å². The number of hydrogen-bond acceptors (Lipinski definition) is 4. The third-order valence-corrected chi connectivity index (χ3v) is 6.14. The van der Waals surface area contributed by atoms with E-state index in [0.717, 1.165) is 58.3 Å². The van der Waals surface area contributed by atoms with Crippen LogP contribution in [0, 0.1) is 5.92 Å². The summed E-state index contributed by atoms with van der Waals surface area (Å²) >= 11 is 0. The van der Waals surface area contributed by atoms with Gasteiger partial charge >= 0.3 is 0 Å². The van der Waals surface area contributed by atoms with Crippen molar-refractivity contribution in [3.8, 4) is 0 Å². The van der Waals surface area contributed by atoms with Crippen LogP contribution in [0.25, 0.3) is 0 Å². The van der Waals surface area contributed by atoms with E-state index < -0.39 is 0 Å². The first-order valence-corrected chi connectivity index (χ1v) is 11.1. The van der Waals surface area contributed by atoms with Crippen molar-refractivity contribution >= 4 is 11.8 Å². The van der Waals surface area contributed by atoms with E-state index in [1.54, 1.807) is 0 Å². The molecule has 0 spiro atoms. The third-order valence-electron chi connectivity index (χ3n) is 6.14. The highest BCUT2D eigenvalue weighted by Crippen LogP contribution is 2.24. The van der Waals surface area contributed by atoms with Crippen molar-refractivity contribution in [3.05, 3.63) is 35.9 Å². The Hall–Kier alpha value is -1.92. The molecule has 2 saturated heterocycles. The maximum Gasteiger partial charge on any atom is 0.248 e. The van der Waals surface area contributed by atoms with E-state index in [4.69, 9.17) is 4.74 Å².